The van der Waals surface area contributed by atoms with Gasteiger partial charge < -0.3 is 24.0 Å². The molecule has 0 amide bonds. The van der Waals surface area contributed by atoms with E-state index in [9.17, 15) is 0 Å². The molecule has 0 aliphatic carbocycles. The first-order chi connectivity index (χ1) is 48.6. The number of fused-ring (bicyclic) bond motifs is 11. The first-order valence-electron chi connectivity index (χ1n) is 35.7. The van der Waals surface area contributed by atoms with Crippen LogP contribution in [0.2, 0.25) is 0 Å². The van der Waals surface area contributed by atoms with Crippen molar-refractivity contribution in [2.24, 2.45) is 0 Å². The van der Waals surface area contributed by atoms with E-state index in [2.05, 4.69) is 387 Å². The molecular weight excluding hydrogens is 1240 g/mol. The zero-order valence-electron chi connectivity index (χ0n) is 59.8. The summed E-state index contributed by atoms with van der Waals surface area (Å²) in [6.45, 7) is 27.3. The van der Waals surface area contributed by atoms with Crippen molar-refractivity contribution in [2.45, 2.75) is 105 Å². The Morgan fingerprint density at radius 3 is 1.33 bits per heavy atom. The summed E-state index contributed by atoms with van der Waals surface area (Å²) in [5.74, 6) is 1.66. The van der Waals surface area contributed by atoms with Crippen LogP contribution in [0.15, 0.2) is 285 Å². The minimum absolute atomic E-state index is 0.0326. The van der Waals surface area contributed by atoms with Gasteiger partial charge in [-0.25, -0.2) is 0 Å². The fourth-order valence-corrected chi connectivity index (χ4v) is 17.0. The van der Waals surface area contributed by atoms with Crippen LogP contribution in [-0.4, -0.2) is 11.3 Å². The molecule has 5 nitrogen and oxygen atoms in total. The third-order valence-corrected chi connectivity index (χ3v) is 22.3. The number of nitrogens with zero attached hydrogens (tertiary/aromatic N) is 4. The Labute approximate surface area is 599 Å². The summed E-state index contributed by atoms with van der Waals surface area (Å²) >= 11 is 1.88. The Morgan fingerprint density at radius 2 is 0.802 bits per heavy atom. The monoisotopic (exact) mass is 1330 g/mol. The minimum atomic E-state index is -0.291. The molecule has 2 aliphatic heterocycles. The molecule has 7 heteroatoms. The minimum Gasteiger partial charge on any atom is -0.458 e. The Bertz CT molecular complexity index is 5540. The number of aromatic nitrogens is 1. The van der Waals surface area contributed by atoms with Gasteiger partial charge in [-0.15, -0.1) is 11.3 Å². The normalized spacial score (nSPS) is 13.0. The molecule has 0 spiro atoms. The van der Waals surface area contributed by atoms with E-state index in [1.807, 2.05) is 11.3 Å². The smallest absolute Gasteiger partial charge is 0.258 e. The number of thiophene rings is 1. The molecule has 494 valence electrons. The zero-order valence-corrected chi connectivity index (χ0v) is 60.6. The third kappa shape index (κ3) is 11.0. The fraction of sp³-hybridized carbons (Fsp3) is 0.170. The van der Waals surface area contributed by atoms with Gasteiger partial charge in [-0.3, -0.25) is 0 Å². The van der Waals surface area contributed by atoms with E-state index in [-0.39, 0.29) is 28.4 Å². The van der Waals surface area contributed by atoms with Gasteiger partial charge in [-0.1, -0.05) is 259 Å². The third-order valence-electron chi connectivity index (χ3n) is 21.1. The van der Waals surface area contributed by atoms with Gasteiger partial charge in [0.15, 0.2) is 0 Å². The van der Waals surface area contributed by atoms with E-state index in [1.54, 1.807) is 0 Å². The maximum absolute atomic E-state index is 8.05. The molecule has 13 aromatic carbocycles. The summed E-state index contributed by atoms with van der Waals surface area (Å²) in [6, 6.07) is 107. The number of hydrogen-bond acceptors (Lipinski definition) is 5. The Hall–Kier alpha value is -10.9. The van der Waals surface area contributed by atoms with E-state index in [4.69, 9.17) is 4.74 Å². The quantitative estimate of drug-likeness (QED) is 0.127. The fourth-order valence-electron chi connectivity index (χ4n) is 15.7. The average Bonchev–Trinajstić information content (AvgIpc) is 1.67. The van der Waals surface area contributed by atoms with Crippen LogP contribution in [-0.2, 0) is 21.7 Å². The second-order valence-electron chi connectivity index (χ2n) is 31.8. The predicted molar refractivity (Wildman–Crippen MR) is 435 cm³/mol. The van der Waals surface area contributed by atoms with Crippen molar-refractivity contribution in [1.29, 1.82) is 0 Å². The lowest BCUT2D eigenvalue weighted by Crippen LogP contribution is -2.59. The average molecular weight is 1330 g/mol. The van der Waals surface area contributed by atoms with Gasteiger partial charge >= 0.3 is 0 Å². The van der Waals surface area contributed by atoms with Crippen LogP contribution in [0.4, 0.5) is 51.2 Å². The van der Waals surface area contributed by atoms with Crippen molar-refractivity contribution in [3.8, 4) is 39.4 Å². The summed E-state index contributed by atoms with van der Waals surface area (Å²) in [4.78, 5) is 7.55. The molecule has 0 saturated heterocycles. The van der Waals surface area contributed by atoms with Crippen molar-refractivity contribution < 1.29 is 4.74 Å². The molecule has 0 bridgehead atoms. The SMILES string of the molecule is CC(C)(C)c1ccc(N(c2ccc(C(C)(C)C)cc2)c2ccc3c(c2)N(c2ccc(-c4ccccc4)cc2-c2ccccc2)c2cc(-n4c5ccccc5c5ccccc54)cc4c2B3c2c(cc(N(c3ccc(C(C)(C)C)cc3)c3ccc(C(C)(C)C)cc3)c3c2sc2ccccc23)O4)cc1. The van der Waals surface area contributed by atoms with Crippen molar-refractivity contribution in [2.75, 3.05) is 14.7 Å². The summed E-state index contributed by atoms with van der Waals surface area (Å²) < 4.78 is 12.9. The number of ether oxygens (including phenoxy) is 1. The highest BCUT2D eigenvalue weighted by Gasteiger charge is 2.46. The summed E-state index contributed by atoms with van der Waals surface area (Å²) in [5, 5.41) is 4.81. The molecule has 2 aliphatic rings. The van der Waals surface area contributed by atoms with E-state index in [0.29, 0.717) is 0 Å². The number of anilines is 9. The molecule has 0 saturated carbocycles. The predicted octanol–water partition coefficient (Wildman–Crippen LogP) is 25.0. The molecule has 17 rings (SSSR count). The van der Waals surface area contributed by atoms with Gasteiger partial charge in [0.1, 0.15) is 11.5 Å². The number of rotatable bonds is 10. The number of hydrogen-bond donors (Lipinski definition) is 0. The van der Waals surface area contributed by atoms with Crippen LogP contribution in [0.1, 0.15) is 105 Å². The maximum Gasteiger partial charge on any atom is 0.258 e. The molecule has 0 radical (unpaired) electrons. The maximum atomic E-state index is 8.05. The molecule has 0 N–H and O–H groups in total. The van der Waals surface area contributed by atoms with Crippen molar-refractivity contribution >= 4 is 128 Å². The molecule has 4 heterocycles. The second-order valence-corrected chi connectivity index (χ2v) is 32.8. The first kappa shape index (κ1) is 63.6. The van der Waals surface area contributed by atoms with Gasteiger partial charge in [0.2, 0.25) is 0 Å². The topological polar surface area (TPSA) is 23.9 Å². The molecule has 15 aromatic rings. The Balaban J connectivity index is 0.998. The summed E-state index contributed by atoms with van der Waals surface area (Å²) in [7, 11) is 0. The van der Waals surface area contributed by atoms with Crippen molar-refractivity contribution in [3.63, 3.8) is 0 Å². The highest BCUT2D eigenvalue weighted by Crippen LogP contribution is 2.53. The van der Waals surface area contributed by atoms with Gasteiger partial charge in [-0.05, 0) is 174 Å². The van der Waals surface area contributed by atoms with Gasteiger partial charge in [0.05, 0.1) is 28.1 Å². The van der Waals surface area contributed by atoms with Gasteiger partial charge in [-0.2, -0.15) is 0 Å². The molecule has 0 atom stereocenters. The largest absolute Gasteiger partial charge is 0.458 e. The highest BCUT2D eigenvalue weighted by atomic mass is 32.1. The summed E-state index contributed by atoms with van der Waals surface area (Å²) in [6.07, 6.45) is 0. The van der Waals surface area contributed by atoms with Crippen LogP contribution in [0.3, 0.4) is 0 Å². The highest BCUT2D eigenvalue weighted by molar-refractivity contribution is 7.28. The molecule has 0 unspecified atom stereocenters. The van der Waals surface area contributed by atoms with E-state index in [1.165, 1.54) is 58.7 Å². The standard InChI is InChI=1S/C94H83BN4OS/c1-91(2,3)63-36-44-67(45-37-63)96(68-46-38-64(39-47-68)92(4,5)6)71-52-53-77-81(56-71)99(80-54-35-62(60-25-15-13-16-26-60)55-76(80)61-27-17-14-18-28-61)83-57-72(98-78-32-22-19-29-73(78)74-30-20-23-33-79(74)98)58-84-88(83)95(77)89-85(100-84)59-82(87-75-31-21-24-34-86(75)101-90(87)89)97(69-48-40-65(41-49-69)93(7,8)9)70-50-42-66(43-51-70)94(10,11)12/h13-59H,1-12H3. The lowest BCUT2D eigenvalue weighted by atomic mass is 9.34. The van der Waals surface area contributed by atoms with Crippen LogP contribution in [0.25, 0.3) is 69.9 Å². The number of para-hydroxylation sites is 2. The van der Waals surface area contributed by atoms with Crippen LogP contribution < -0.4 is 35.8 Å². The molecule has 2 aromatic heterocycles. The second kappa shape index (κ2) is 23.9. The Morgan fingerprint density at radius 1 is 0.347 bits per heavy atom. The first-order valence-corrected chi connectivity index (χ1v) is 36.5. The van der Waals surface area contributed by atoms with Crippen molar-refractivity contribution in [1.82, 2.24) is 4.57 Å². The van der Waals surface area contributed by atoms with Crippen LogP contribution in [0.5, 0.6) is 11.5 Å². The molecule has 101 heavy (non-hydrogen) atoms. The number of benzene rings is 13. The molecule has 0 fully saturated rings. The van der Waals surface area contributed by atoms with Crippen LogP contribution >= 0.6 is 11.3 Å². The van der Waals surface area contributed by atoms with Crippen LogP contribution in [0, 0.1) is 0 Å². The van der Waals surface area contributed by atoms with Gasteiger partial charge in [0, 0.05) is 88.5 Å². The van der Waals surface area contributed by atoms with Crippen molar-refractivity contribution in [3.05, 3.63) is 307 Å². The van der Waals surface area contributed by atoms with Gasteiger partial charge in [0.25, 0.3) is 6.71 Å². The van der Waals surface area contributed by atoms with E-state index < -0.39 is 0 Å². The Kier molecular flexibility index (Phi) is 15.1. The lowest BCUT2D eigenvalue weighted by molar-refractivity contribution is 0.488. The van der Waals surface area contributed by atoms with E-state index >= 15 is 0 Å². The van der Waals surface area contributed by atoms with E-state index in [0.717, 1.165) is 113 Å². The summed E-state index contributed by atoms with van der Waals surface area (Å²) in [5.41, 5.74) is 25.9. The lowest BCUT2D eigenvalue weighted by Gasteiger charge is -2.42. The molecular formula is C94H83BN4OS. The zero-order chi connectivity index (χ0) is 69.4.